The van der Waals surface area contributed by atoms with E-state index in [9.17, 15) is 4.79 Å². The Hall–Kier alpha value is -2.04. The maximum absolute atomic E-state index is 12.2. The molecule has 5 heteroatoms. The molecule has 1 aromatic carbocycles. The van der Waals surface area contributed by atoms with Gasteiger partial charge in [0.15, 0.2) is 0 Å². The maximum Gasteiger partial charge on any atom is 0.247 e. The minimum absolute atomic E-state index is 0.0446. The highest BCUT2D eigenvalue weighted by Gasteiger charge is 2.22. The predicted molar refractivity (Wildman–Crippen MR) is 90.2 cm³/mol. The van der Waals surface area contributed by atoms with E-state index >= 15 is 0 Å². The van der Waals surface area contributed by atoms with Crippen LogP contribution < -0.4 is 4.90 Å². The lowest BCUT2D eigenvalue weighted by atomic mass is 10.2. The highest BCUT2D eigenvalue weighted by atomic mass is 35.5. The van der Waals surface area contributed by atoms with Crippen LogP contribution in [0.15, 0.2) is 53.2 Å². The molecule has 0 spiro atoms. The van der Waals surface area contributed by atoms with Crippen LogP contribution in [-0.2, 0) is 11.3 Å². The molecule has 1 amide bonds. The molecule has 1 aliphatic rings. The summed E-state index contributed by atoms with van der Waals surface area (Å²) in [7, 11) is 0. The van der Waals surface area contributed by atoms with Crippen molar-refractivity contribution in [3.05, 3.63) is 65.1 Å². The highest BCUT2D eigenvalue weighted by Crippen LogP contribution is 2.09. The molecule has 0 atom stereocenters. The Morgan fingerprint density at radius 1 is 1.26 bits per heavy atom. The summed E-state index contributed by atoms with van der Waals surface area (Å²) in [5, 5.41) is 0.777. The molecule has 2 heterocycles. The summed E-state index contributed by atoms with van der Waals surface area (Å²) in [5.74, 6) is 0.742. The standard InChI is InChI=1S/C18H19ClN2O2/c19-16-4-1-3-15(13-16)14-20-8-10-21(11-9-20)18(22)7-6-17-5-2-12-23-17/h1-7,12-13H,8-11,14H2/p+1/b7-6+. The Kier molecular flexibility index (Phi) is 5.16. The van der Waals surface area contributed by atoms with Gasteiger partial charge in [0.05, 0.1) is 32.4 Å². The van der Waals surface area contributed by atoms with Crippen molar-refractivity contribution in [3.63, 3.8) is 0 Å². The van der Waals surface area contributed by atoms with Gasteiger partial charge in [-0.1, -0.05) is 23.7 Å². The van der Waals surface area contributed by atoms with Crippen LogP contribution >= 0.6 is 11.6 Å². The van der Waals surface area contributed by atoms with Crippen molar-refractivity contribution in [3.8, 4) is 0 Å². The minimum Gasteiger partial charge on any atom is -0.465 e. The highest BCUT2D eigenvalue weighted by molar-refractivity contribution is 6.30. The number of nitrogens with zero attached hydrogens (tertiary/aromatic N) is 1. The number of rotatable bonds is 4. The number of furan rings is 1. The normalized spacial score (nSPS) is 16.1. The van der Waals surface area contributed by atoms with E-state index in [0.29, 0.717) is 5.76 Å². The smallest absolute Gasteiger partial charge is 0.247 e. The van der Waals surface area contributed by atoms with Gasteiger partial charge in [0.25, 0.3) is 0 Å². The van der Waals surface area contributed by atoms with Gasteiger partial charge in [-0.3, -0.25) is 4.79 Å². The number of quaternary nitrogens is 1. The fourth-order valence-electron chi connectivity index (χ4n) is 2.80. The number of benzene rings is 1. The van der Waals surface area contributed by atoms with Gasteiger partial charge in [0, 0.05) is 16.7 Å². The zero-order chi connectivity index (χ0) is 16.1. The summed E-state index contributed by atoms with van der Waals surface area (Å²) in [6.45, 7) is 4.40. The number of hydrogen-bond donors (Lipinski definition) is 1. The van der Waals surface area contributed by atoms with Gasteiger partial charge in [-0.05, 0) is 30.3 Å². The van der Waals surface area contributed by atoms with Crippen LogP contribution in [0.2, 0.25) is 5.02 Å². The number of amides is 1. The molecular formula is C18H20ClN2O2+. The quantitative estimate of drug-likeness (QED) is 0.869. The zero-order valence-corrected chi connectivity index (χ0v) is 13.6. The predicted octanol–water partition coefficient (Wildman–Crippen LogP) is 1.87. The Bertz CT molecular complexity index is 674. The molecule has 0 unspecified atom stereocenters. The second-order valence-electron chi connectivity index (χ2n) is 5.73. The summed E-state index contributed by atoms with van der Waals surface area (Å²) in [6.07, 6.45) is 4.90. The molecule has 23 heavy (non-hydrogen) atoms. The van der Waals surface area contributed by atoms with Gasteiger partial charge in [-0.25, -0.2) is 0 Å². The first-order chi connectivity index (χ1) is 11.2. The number of halogens is 1. The van der Waals surface area contributed by atoms with Gasteiger partial charge in [0.1, 0.15) is 12.3 Å². The van der Waals surface area contributed by atoms with Crippen LogP contribution in [0, 0.1) is 0 Å². The Labute approximate surface area is 140 Å². The van der Waals surface area contributed by atoms with E-state index in [1.165, 1.54) is 10.5 Å². The van der Waals surface area contributed by atoms with Crippen molar-refractivity contribution in [1.82, 2.24) is 4.90 Å². The largest absolute Gasteiger partial charge is 0.465 e. The Morgan fingerprint density at radius 3 is 2.78 bits per heavy atom. The van der Waals surface area contributed by atoms with Crippen molar-refractivity contribution < 1.29 is 14.1 Å². The van der Waals surface area contributed by atoms with E-state index in [1.807, 2.05) is 35.2 Å². The number of hydrogen-bond acceptors (Lipinski definition) is 2. The van der Waals surface area contributed by atoms with Crippen LogP contribution in [0.4, 0.5) is 0 Å². The van der Waals surface area contributed by atoms with Crippen molar-refractivity contribution >= 4 is 23.6 Å². The number of carbonyl (C=O) groups is 1. The van der Waals surface area contributed by atoms with E-state index < -0.39 is 0 Å². The molecule has 2 aromatic rings. The molecule has 120 valence electrons. The lowest BCUT2D eigenvalue weighted by molar-refractivity contribution is -0.917. The second kappa shape index (κ2) is 7.49. The summed E-state index contributed by atoms with van der Waals surface area (Å²) in [5.41, 5.74) is 1.24. The Morgan fingerprint density at radius 2 is 2.09 bits per heavy atom. The first kappa shape index (κ1) is 15.8. The van der Waals surface area contributed by atoms with Crippen molar-refractivity contribution in [2.24, 2.45) is 0 Å². The van der Waals surface area contributed by atoms with Gasteiger partial charge in [-0.15, -0.1) is 0 Å². The van der Waals surface area contributed by atoms with Gasteiger partial charge in [0.2, 0.25) is 5.91 Å². The molecule has 4 nitrogen and oxygen atoms in total. The molecule has 1 fully saturated rings. The van der Waals surface area contributed by atoms with E-state index in [1.54, 1.807) is 18.4 Å². The zero-order valence-electron chi connectivity index (χ0n) is 12.9. The monoisotopic (exact) mass is 331 g/mol. The average Bonchev–Trinajstić information content (AvgIpc) is 3.07. The number of piperazine rings is 1. The summed E-state index contributed by atoms with van der Waals surface area (Å²) in [6, 6.07) is 11.6. The first-order valence-corrected chi connectivity index (χ1v) is 8.17. The average molecular weight is 332 g/mol. The van der Waals surface area contributed by atoms with Crippen LogP contribution in [0.25, 0.3) is 6.08 Å². The van der Waals surface area contributed by atoms with Crippen molar-refractivity contribution in [1.29, 1.82) is 0 Å². The summed E-state index contributed by atoms with van der Waals surface area (Å²) >= 11 is 6.03. The third kappa shape index (κ3) is 4.47. The minimum atomic E-state index is 0.0446. The molecule has 3 rings (SSSR count). The number of nitrogens with one attached hydrogen (secondary N) is 1. The van der Waals surface area contributed by atoms with E-state index in [0.717, 1.165) is 37.7 Å². The third-order valence-electron chi connectivity index (χ3n) is 4.06. The number of carbonyl (C=O) groups excluding carboxylic acids is 1. The van der Waals surface area contributed by atoms with Gasteiger partial charge in [-0.2, -0.15) is 0 Å². The lowest BCUT2D eigenvalue weighted by Gasteiger charge is -2.31. The first-order valence-electron chi connectivity index (χ1n) is 7.79. The second-order valence-corrected chi connectivity index (χ2v) is 6.17. The fourth-order valence-corrected chi connectivity index (χ4v) is 3.01. The van der Waals surface area contributed by atoms with Crippen LogP contribution in [0.5, 0.6) is 0 Å². The lowest BCUT2D eigenvalue weighted by Crippen LogP contribution is -3.13. The van der Waals surface area contributed by atoms with Crippen molar-refractivity contribution in [2.45, 2.75) is 6.54 Å². The molecule has 1 saturated heterocycles. The fraction of sp³-hybridized carbons (Fsp3) is 0.278. The van der Waals surface area contributed by atoms with Crippen LogP contribution in [0.3, 0.4) is 0 Å². The molecule has 1 aliphatic heterocycles. The van der Waals surface area contributed by atoms with Gasteiger partial charge >= 0.3 is 0 Å². The van der Waals surface area contributed by atoms with E-state index in [-0.39, 0.29) is 5.91 Å². The topological polar surface area (TPSA) is 37.9 Å². The molecule has 0 saturated carbocycles. The molecule has 0 bridgehead atoms. The summed E-state index contributed by atoms with van der Waals surface area (Å²) < 4.78 is 5.19. The molecule has 0 aliphatic carbocycles. The van der Waals surface area contributed by atoms with Crippen molar-refractivity contribution in [2.75, 3.05) is 26.2 Å². The Balaban J connectivity index is 1.49. The van der Waals surface area contributed by atoms with Crippen LogP contribution in [0.1, 0.15) is 11.3 Å². The SMILES string of the molecule is O=C(/C=C/c1ccco1)N1CC[NH+](Cc2cccc(Cl)c2)CC1. The molecular weight excluding hydrogens is 312 g/mol. The van der Waals surface area contributed by atoms with Crippen LogP contribution in [-0.4, -0.2) is 37.0 Å². The van der Waals surface area contributed by atoms with E-state index in [2.05, 4.69) is 6.07 Å². The van der Waals surface area contributed by atoms with Gasteiger partial charge < -0.3 is 14.2 Å². The van der Waals surface area contributed by atoms with E-state index in [4.69, 9.17) is 16.0 Å². The maximum atomic E-state index is 12.2. The summed E-state index contributed by atoms with van der Waals surface area (Å²) in [4.78, 5) is 15.5. The molecule has 0 radical (unpaired) electrons. The third-order valence-corrected chi connectivity index (χ3v) is 4.29. The molecule has 1 aromatic heterocycles. The molecule has 1 N–H and O–H groups in total.